The minimum absolute atomic E-state index is 0.156. The first-order valence-corrected chi connectivity index (χ1v) is 4.46. The first-order chi connectivity index (χ1) is 2.77. The molecule has 0 aromatic rings. The molecule has 1 nitrogen and oxygen atoms in total. The van der Waals surface area contributed by atoms with Crippen LogP contribution in [0, 0.1) is 0 Å². The minimum atomic E-state index is 0.156. The van der Waals surface area contributed by atoms with Crippen molar-refractivity contribution in [2.45, 2.75) is 6.92 Å². The van der Waals surface area contributed by atoms with Gasteiger partial charge in [0.1, 0.15) is 5.80 Å². The fourth-order valence-electron chi connectivity index (χ4n) is 0.117. The van der Waals surface area contributed by atoms with Crippen LogP contribution in [0.1, 0.15) is 6.92 Å². The van der Waals surface area contributed by atoms with Gasteiger partial charge >= 0.3 is 0 Å². The van der Waals surface area contributed by atoms with Gasteiger partial charge in [-0.15, -0.1) is 0 Å². The van der Waals surface area contributed by atoms with E-state index in [0.717, 1.165) is 0 Å². The molecule has 0 amide bonds. The fourth-order valence-corrected chi connectivity index (χ4v) is 1.06. The van der Waals surface area contributed by atoms with Crippen molar-refractivity contribution in [3.8, 4) is 0 Å². The monoisotopic (exact) mass is 121 g/mol. The number of carbonyl (C=O) groups excluding carboxylic acids is 1. The van der Waals surface area contributed by atoms with Crippen molar-refractivity contribution in [1.29, 1.82) is 0 Å². The summed E-state index contributed by atoms with van der Waals surface area (Å²) in [4.78, 5) is 9.98. The van der Waals surface area contributed by atoms with E-state index in [9.17, 15) is 4.79 Å². The summed E-state index contributed by atoms with van der Waals surface area (Å²) in [6.45, 7) is 1.55. The topological polar surface area (TPSA) is 17.1 Å². The van der Waals surface area contributed by atoms with E-state index in [0.29, 0.717) is 7.89 Å². The van der Waals surface area contributed by atoms with Gasteiger partial charge < -0.3 is 0 Å². The first kappa shape index (κ1) is 6.27. The molecule has 0 fully saturated rings. The summed E-state index contributed by atoms with van der Waals surface area (Å²) in [5.74, 6) is 1.80. The van der Waals surface area contributed by atoms with Gasteiger partial charge in [-0.3, -0.25) is 4.79 Å². The van der Waals surface area contributed by atoms with Gasteiger partial charge in [0, 0.05) is 6.92 Å². The molecule has 0 aliphatic carbocycles. The van der Waals surface area contributed by atoms with E-state index >= 15 is 0 Å². The normalized spacial score (nSPS) is 9.67. The van der Waals surface area contributed by atoms with Crippen LogP contribution >= 0.6 is 16.8 Å². The Morgan fingerprint density at radius 1 is 2.00 bits per heavy atom. The van der Waals surface area contributed by atoms with Crippen molar-refractivity contribution in [1.82, 2.24) is 0 Å². The fraction of sp³-hybridized carbons (Fsp3) is 0.333. The van der Waals surface area contributed by atoms with Crippen LogP contribution in [-0.4, -0.2) is 11.6 Å². The maximum absolute atomic E-state index is 9.98. The summed E-state index contributed by atoms with van der Waals surface area (Å²) >= 11 is 0. The molecular formula is C3H7OP2+. The zero-order valence-corrected chi connectivity index (χ0v) is 5.72. The van der Waals surface area contributed by atoms with Gasteiger partial charge in [-0.25, -0.2) is 0 Å². The highest BCUT2D eigenvalue weighted by Crippen LogP contribution is 2.03. The third-order valence-electron chi connectivity index (χ3n) is 0.287. The minimum Gasteiger partial charge on any atom is -0.291 e. The van der Waals surface area contributed by atoms with E-state index in [-0.39, 0.29) is 5.78 Å². The third-order valence-corrected chi connectivity index (χ3v) is 1.36. The number of carbonyl (C=O) groups is 1. The predicted molar refractivity (Wildman–Crippen MR) is 34.8 cm³/mol. The Morgan fingerprint density at radius 3 is 2.50 bits per heavy atom. The van der Waals surface area contributed by atoms with Crippen molar-refractivity contribution in [3.05, 3.63) is 0 Å². The number of hydrogen-bond acceptors (Lipinski definition) is 1. The molecule has 0 radical (unpaired) electrons. The molecule has 0 saturated carbocycles. The quantitative estimate of drug-likeness (QED) is 0.470. The van der Waals surface area contributed by atoms with Crippen LogP contribution in [0.5, 0.6) is 0 Å². The van der Waals surface area contributed by atoms with Crippen molar-refractivity contribution >= 4 is 28.4 Å². The Bertz CT molecular complexity index is 76.9. The number of hydrogen-bond donors (Lipinski definition) is 0. The Hall–Kier alpha value is 0.270. The molecule has 2 atom stereocenters. The molecule has 0 spiro atoms. The van der Waals surface area contributed by atoms with Crippen LogP contribution in [0.4, 0.5) is 0 Å². The zero-order chi connectivity index (χ0) is 4.99. The second kappa shape index (κ2) is 3.46. The SMILES string of the molecule is CC(=O)C=[PH+]P. The highest BCUT2D eigenvalue weighted by Gasteiger charge is 1.81. The maximum atomic E-state index is 9.98. The molecule has 34 valence electrons. The summed E-state index contributed by atoms with van der Waals surface area (Å²) in [6, 6.07) is 0. The van der Waals surface area contributed by atoms with E-state index in [1.807, 2.05) is 0 Å². The van der Waals surface area contributed by atoms with Gasteiger partial charge in [-0.2, -0.15) is 0 Å². The molecule has 2 unspecified atom stereocenters. The zero-order valence-electron chi connectivity index (χ0n) is 3.56. The van der Waals surface area contributed by atoms with Gasteiger partial charge in [0.15, 0.2) is 5.78 Å². The summed E-state index contributed by atoms with van der Waals surface area (Å²) in [7, 11) is 3.06. The standard InChI is InChI=1S/C3H6OP2/c1-3(4)2-6-5/h2H,5H2,1H3/p+1. The van der Waals surface area contributed by atoms with Gasteiger partial charge in [0.2, 0.25) is 0 Å². The van der Waals surface area contributed by atoms with E-state index in [1.54, 1.807) is 12.7 Å². The van der Waals surface area contributed by atoms with Crippen molar-refractivity contribution < 1.29 is 4.79 Å². The maximum Gasteiger partial charge on any atom is 0.194 e. The third kappa shape index (κ3) is 4.27. The molecular weight excluding hydrogens is 114 g/mol. The molecule has 0 saturated heterocycles. The summed E-state index contributed by atoms with van der Waals surface area (Å²) in [5.41, 5.74) is 0. The van der Waals surface area contributed by atoms with E-state index in [4.69, 9.17) is 0 Å². The highest BCUT2D eigenvalue weighted by molar-refractivity contribution is 8.02. The lowest BCUT2D eigenvalue weighted by atomic mass is 10.5. The number of Topliss-reactive ketones (excluding diaryl/α,β-unsaturated/α-hetero) is 1. The Labute approximate surface area is 41.0 Å². The molecule has 0 heterocycles. The van der Waals surface area contributed by atoms with Crippen molar-refractivity contribution in [3.63, 3.8) is 0 Å². The molecule has 0 N–H and O–H groups in total. The van der Waals surface area contributed by atoms with Crippen LogP contribution in [0.25, 0.3) is 0 Å². The Kier molecular flexibility index (Phi) is 3.62. The molecule has 6 heavy (non-hydrogen) atoms. The molecule has 0 aromatic carbocycles. The molecule has 0 bridgehead atoms. The van der Waals surface area contributed by atoms with Crippen LogP contribution in [0.2, 0.25) is 0 Å². The summed E-state index contributed by atoms with van der Waals surface area (Å²) < 4.78 is 0. The Morgan fingerprint density at radius 2 is 2.50 bits per heavy atom. The first-order valence-electron chi connectivity index (χ1n) is 1.57. The van der Waals surface area contributed by atoms with Gasteiger partial charge in [-0.1, -0.05) is 0 Å². The number of ketones is 1. The van der Waals surface area contributed by atoms with Crippen molar-refractivity contribution in [2.24, 2.45) is 0 Å². The highest BCUT2D eigenvalue weighted by atomic mass is 32.0. The van der Waals surface area contributed by atoms with E-state index in [1.165, 1.54) is 0 Å². The summed E-state index contributed by atoms with van der Waals surface area (Å²) in [5, 5.41) is 0. The van der Waals surface area contributed by atoms with E-state index in [2.05, 4.69) is 8.93 Å². The Balaban J connectivity index is 3.30. The summed E-state index contributed by atoms with van der Waals surface area (Å²) in [6.07, 6.45) is 0. The van der Waals surface area contributed by atoms with Crippen LogP contribution in [0.3, 0.4) is 0 Å². The lowest BCUT2D eigenvalue weighted by Gasteiger charge is -1.59. The van der Waals surface area contributed by atoms with Crippen LogP contribution in [0.15, 0.2) is 0 Å². The molecule has 3 heteroatoms. The largest absolute Gasteiger partial charge is 0.291 e. The molecule has 0 aliphatic heterocycles. The molecule has 0 aliphatic rings. The van der Waals surface area contributed by atoms with E-state index < -0.39 is 0 Å². The second-order valence-corrected chi connectivity index (χ2v) is 2.54. The lowest BCUT2D eigenvalue weighted by molar-refractivity contribution is -0.110. The average Bonchev–Trinajstić information content (AvgIpc) is 1.35. The van der Waals surface area contributed by atoms with Crippen LogP contribution < -0.4 is 0 Å². The molecule has 0 rings (SSSR count). The van der Waals surface area contributed by atoms with Gasteiger partial charge in [-0.05, 0) is 0 Å². The number of rotatable bonds is 1. The lowest BCUT2D eigenvalue weighted by Crippen LogP contribution is -1.83. The smallest absolute Gasteiger partial charge is 0.194 e. The van der Waals surface area contributed by atoms with Gasteiger partial charge in [0.05, 0.1) is 16.8 Å². The van der Waals surface area contributed by atoms with Crippen molar-refractivity contribution in [2.75, 3.05) is 0 Å². The average molecular weight is 121 g/mol. The second-order valence-electron chi connectivity index (χ2n) is 0.922. The molecule has 0 aromatic heterocycles. The predicted octanol–water partition coefficient (Wildman–Crippen LogP) is 0.846. The van der Waals surface area contributed by atoms with Crippen LogP contribution in [-0.2, 0) is 4.79 Å². The van der Waals surface area contributed by atoms with Gasteiger partial charge in [0.25, 0.3) is 0 Å².